The molecule has 1 aromatic carbocycles. The van der Waals surface area contributed by atoms with Gasteiger partial charge in [-0.25, -0.2) is 9.78 Å². The first-order chi connectivity index (χ1) is 15.2. The number of amides is 3. The van der Waals surface area contributed by atoms with E-state index in [1.54, 1.807) is 44.3 Å². The van der Waals surface area contributed by atoms with Gasteiger partial charge in [0.1, 0.15) is 11.4 Å². The molecule has 170 valence electrons. The van der Waals surface area contributed by atoms with Crippen LogP contribution in [0.2, 0.25) is 5.02 Å². The molecule has 1 aliphatic heterocycles. The van der Waals surface area contributed by atoms with E-state index < -0.39 is 17.5 Å². The Balaban J connectivity index is 1.72. The highest BCUT2D eigenvalue weighted by Gasteiger charge is 2.45. The van der Waals surface area contributed by atoms with Crippen molar-refractivity contribution >= 4 is 41.0 Å². The number of nitrogens with one attached hydrogen (secondary N) is 1. The Bertz CT molecular complexity index is 1040. The van der Waals surface area contributed by atoms with Crippen molar-refractivity contribution in [2.24, 2.45) is 5.73 Å². The van der Waals surface area contributed by atoms with Gasteiger partial charge in [-0.3, -0.25) is 14.6 Å². The van der Waals surface area contributed by atoms with E-state index in [1.165, 1.54) is 9.80 Å². The lowest BCUT2D eigenvalue weighted by molar-refractivity contribution is -0.121. The number of carbonyl (C=O) groups is 2. The highest BCUT2D eigenvalue weighted by Crippen LogP contribution is 2.37. The molecular formula is C22H27ClN6O3. The minimum absolute atomic E-state index is 0.132. The molecule has 0 spiro atoms. The summed E-state index contributed by atoms with van der Waals surface area (Å²) in [5, 5.41) is 13.4. The molecule has 0 bridgehead atoms. The van der Waals surface area contributed by atoms with E-state index in [4.69, 9.17) is 17.3 Å². The average Bonchev–Trinajstić information content (AvgIpc) is 2.75. The van der Waals surface area contributed by atoms with Gasteiger partial charge < -0.3 is 16.2 Å². The summed E-state index contributed by atoms with van der Waals surface area (Å²) in [5.41, 5.74) is 5.53. The number of halogens is 1. The molecule has 0 radical (unpaired) electrons. The van der Waals surface area contributed by atoms with Crippen molar-refractivity contribution in [3.05, 3.63) is 41.0 Å². The summed E-state index contributed by atoms with van der Waals surface area (Å²) in [5.74, 6) is 0.0528. The number of para-hydroxylation sites is 1. The third-order valence-electron chi connectivity index (χ3n) is 6.14. The minimum Gasteiger partial charge on any atom is -0.393 e. The molecule has 0 atom stereocenters. The van der Waals surface area contributed by atoms with E-state index in [-0.39, 0.29) is 18.7 Å². The number of fused-ring (bicyclic) bond motifs is 1. The number of hydrogen-bond acceptors (Lipinski definition) is 6. The zero-order valence-corrected chi connectivity index (χ0v) is 18.8. The number of aliphatic hydroxyl groups is 1. The normalized spacial score (nSPS) is 21.3. The number of anilines is 3. The van der Waals surface area contributed by atoms with Crippen LogP contribution < -0.4 is 20.9 Å². The van der Waals surface area contributed by atoms with E-state index >= 15 is 0 Å². The lowest BCUT2D eigenvalue weighted by Crippen LogP contribution is -2.62. The van der Waals surface area contributed by atoms with Gasteiger partial charge in [0.2, 0.25) is 11.9 Å². The molecule has 1 aliphatic carbocycles. The average molecular weight is 459 g/mol. The summed E-state index contributed by atoms with van der Waals surface area (Å²) in [6, 6.07) is 6.71. The third-order valence-corrected chi connectivity index (χ3v) is 6.46. The maximum absolute atomic E-state index is 13.6. The number of aromatic nitrogens is 2. The highest BCUT2D eigenvalue weighted by atomic mass is 35.5. The van der Waals surface area contributed by atoms with E-state index in [0.717, 1.165) is 12.8 Å². The fourth-order valence-corrected chi connectivity index (χ4v) is 4.34. The predicted octanol–water partition coefficient (Wildman–Crippen LogP) is 3.06. The molecule has 3 amide bonds. The zero-order valence-electron chi connectivity index (χ0n) is 18.1. The Labute approximate surface area is 191 Å². The van der Waals surface area contributed by atoms with Crippen molar-refractivity contribution in [1.82, 2.24) is 9.97 Å². The molecular weight excluding hydrogens is 432 g/mol. The fourth-order valence-electron chi connectivity index (χ4n) is 4.10. The predicted molar refractivity (Wildman–Crippen MR) is 123 cm³/mol. The summed E-state index contributed by atoms with van der Waals surface area (Å²) in [6.45, 7) is 3.38. The van der Waals surface area contributed by atoms with Gasteiger partial charge in [0.25, 0.3) is 0 Å². The van der Waals surface area contributed by atoms with Crippen LogP contribution in [0.1, 0.15) is 45.1 Å². The number of carbonyl (C=O) groups excluding carboxylic acids is 2. The van der Waals surface area contributed by atoms with Gasteiger partial charge >= 0.3 is 6.03 Å². The van der Waals surface area contributed by atoms with Crippen molar-refractivity contribution in [2.45, 2.75) is 63.8 Å². The third kappa shape index (κ3) is 4.10. The fraction of sp³-hybridized carbons (Fsp3) is 0.455. The van der Waals surface area contributed by atoms with E-state index in [9.17, 15) is 14.7 Å². The first kappa shape index (κ1) is 22.3. The number of primary amides is 1. The van der Waals surface area contributed by atoms with Crippen LogP contribution in [-0.2, 0) is 11.3 Å². The van der Waals surface area contributed by atoms with Crippen molar-refractivity contribution in [1.29, 1.82) is 0 Å². The maximum atomic E-state index is 13.6. The van der Waals surface area contributed by atoms with E-state index in [1.807, 2.05) is 0 Å². The van der Waals surface area contributed by atoms with Gasteiger partial charge in [-0.1, -0.05) is 23.7 Å². The summed E-state index contributed by atoms with van der Waals surface area (Å²) < 4.78 is 0. The van der Waals surface area contributed by atoms with Crippen LogP contribution in [0.4, 0.5) is 22.2 Å². The number of aliphatic hydroxyl groups excluding tert-OH is 1. The van der Waals surface area contributed by atoms with E-state index in [0.29, 0.717) is 40.9 Å². The van der Waals surface area contributed by atoms with Gasteiger partial charge in [0.05, 0.1) is 23.4 Å². The minimum atomic E-state index is -1.34. The molecule has 0 saturated heterocycles. The molecule has 2 aliphatic rings. The van der Waals surface area contributed by atoms with Gasteiger partial charge in [0, 0.05) is 17.8 Å². The van der Waals surface area contributed by atoms with Crippen LogP contribution in [0.3, 0.4) is 0 Å². The number of urea groups is 1. The second-order valence-electron chi connectivity index (χ2n) is 8.77. The summed E-state index contributed by atoms with van der Waals surface area (Å²) in [6.07, 6.45) is 4.43. The number of nitrogens with two attached hydrogens (primary N) is 1. The van der Waals surface area contributed by atoms with Crippen molar-refractivity contribution < 1.29 is 14.7 Å². The zero-order chi connectivity index (χ0) is 23.0. The Morgan fingerprint density at radius 2 is 1.94 bits per heavy atom. The molecule has 1 saturated carbocycles. The summed E-state index contributed by atoms with van der Waals surface area (Å²) in [4.78, 5) is 37.8. The topological polar surface area (TPSA) is 125 Å². The van der Waals surface area contributed by atoms with Crippen LogP contribution in [0.25, 0.3) is 0 Å². The van der Waals surface area contributed by atoms with Gasteiger partial charge in [0.15, 0.2) is 0 Å². The first-order valence-corrected chi connectivity index (χ1v) is 11.0. The Hall–Kier alpha value is -2.91. The Morgan fingerprint density at radius 3 is 2.59 bits per heavy atom. The van der Waals surface area contributed by atoms with Gasteiger partial charge in [-0.15, -0.1) is 0 Å². The SMILES string of the molecule is CC(C)(C(N)=O)N1C(=O)N(c2ccccc2Cl)Cc2cnc(NC3CCC(O)CC3)nc21. The molecule has 9 nitrogen and oxygen atoms in total. The molecule has 2 heterocycles. The van der Waals surface area contributed by atoms with Crippen molar-refractivity contribution in [3.63, 3.8) is 0 Å². The largest absolute Gasteiger partial charge is 0.393 e. The lowest BCUT2D eigenvalue weighted by atomic mass is 9.93. The number of benzene rings is 1. The smallest absolute Gasteiger partial charge is 0.331 e. The standard InChI is InChI=1S/C22H27ClN6O3/c1-22(2,19(24)31)29-18-13(12-28(21(29)32)17-6-4-3-5-16(17)23)11-25-20(27-18)26-14-7-9-15(30)10-8-14/h3-6,11,14-15,30H,7-10,12H2,1-2H3,(H2,24,31)(H,25,26,27). The summed E-state index contributed by atoms with van der Waals surface area (Å²) in [7, 11) is 0. The van der Waals surface area contributed by atoms with Crippen molar-refractivity contribution in [2.75, 3.05) is 15.1 Å². The second-order valence-corrected chi connectivity index (χ2v) is 9.18. The number of rotatable bonds is 5. The molecule has 4 rings (SSSR count). The molecule has 32 heavy (non-hydrogen) atoms. The van der Waals surface area contributed by atoms with Crippen LogP contribution in [0.15, 0.2) is 30.5 Å². The molecule has 2 aromatic rings. The maximum Gasteiger partial charge on any atom is 0.331 e. The van der Waals surface area contributed by atoms with Crippen LogP contribution in [0, 0.1) is 0 Å². The van der Waals surface area contributed by atoms with Crippen LogP contribution in [0.5, 0.6) is 0 Å². The first-order valence-electron chi connectivity index (χ1n) is 10.6. The summed E-state index contributed by atoms with van der Waals surface area (Å²) >= 11 is 6.36. The van der Waals surface area contributed by atoms with Crippen LogP contribution >= 0.6 is 11.6 Å². The quantitative estimate of drug-likeness (QED) is 0.632. The molecule has 0 unspecified atom stereocenters. The molecule has 1 fully saturated rings. The van der Waals surface area contributed by atoms with Crippen molar-refractivity contribution in [3.8, 4) is 0 Å². The molecule has 10 heteroatoms. The lowest BCUT2D eigenvalue weighted by Gasteiger charge is -2.43. The van der Waals surface area contributed by atoms with E-state index in [2.05, 4.69) is 15.3 Å². The van der Waals surface area contributed by atoms with Gasteiger partial charge in [-0.05, 0) is 51.7 Å². The molecule has 1 aromatic heterocycles. The number of nitrogens with zero attached hydrogens (tertiary/aromatic N) is 4. The molecule has 4 N–H and O–H groups in total. The van der Waals surface area contributed by atoms with Gasteiger partial charge in [-0.2, -0.15) is 4.98 Å². The highest BCUT2D eigenvalue weighted by molar-refractivity contribution is 6.34. The van der Waals surface area contributed by atoms with Crippen LogP contribution in [-0.4, -0.2) is 44.7 Å². The second kappa shape index (κ2) is 8.55. The number of hydrogen-bond donors (Lipinski definition) is 3. The Kier molecular flexibility index (Phi) is 5.96. The monoisotopic (exact) mass is 458 g/mol. The Morgan fingerprint density at radius 1 is 1.25 bits per heavy atom.